The van der Waals surface area contributed by atoms with Crippen LogP contribution in [-0.2, 0) is 6.42 Å². The van der Waals surface area contributed by atoms with Crippen LogP contribution in [0.15, 0.2) is 12.1 Å². The molecule has 0 unspecified atom stereocenters. The molecule has 1 aliphatic heterocycles. The Bertz CT molecular complexity index is 638. The van der Waals surface area contributed by atoms with Gasteiger partial charge < -0.3 is 19.8 Å². The smallest absolute Gasteiger partial charge is 0.231 e. The minimum Gasteiger partial charge on any atom is -0.454 e. The highest BCUT2D eigenvalue weighted by atomic mass is 16.7. The third-order valence-corrected chi connectivity index (χ3v) is 3.64. The topological polar surface area (TPSA) is 46.3 Å². The molecule has 1 aromatic carbocycles. The van der Waals surface area contributed by atoms with Gasteiger partial charge >= 0.3 is 0 Å². The summed E-state index contributed by atoms with van der Waals surface area (Å²) >= 11 is 0. The number of ether oxygens (including phenoxy) is 2. The molecular weight excluding hydrogens is 252 g/mol. The van der Waals surface area contributed by atoms with Crippen LogP contribution in [0.2, 0.25) is 0 Å². The van der Waals surface area contributed by atoms with Gasteiger partial charge in [-0.2, -0.15) is 0 Å². The van der Waals surface area contributed by atoms with E-state index in [-0.39, 0.29) is 5.54 Å². The summed E-state index contributed by atoms with van der Waals surface area (Å²) in [6.07, 6.45) is 1.00. The maximum Gasteiger partial charge on any atom is 0.231 e. The molecule has 2 heterocycles. The highest BCUT2D eigenvalue weighted by Crippen LogP contribution is 2.37. The Hall–Kier alpha value is -1.68. The van der Waals surface area contributed by atoms with Crippen molar-refractivity contribution in [2.24, 2.45) is 0 Å². The number of H-pyrrole nitrogens is 1. The van der Waals surface area contributed by atoms with Crippen molar-refractivity contribution in [1.29, 1.82) is 0 Å². The standard InChI is InChI=1S/C16H22N2O2/c1-10-11(5-6-17-16(2,3)4)12-7-14-15(20-9-19-14)8-13(12)18-10/h7-8,17-18H,5-6,9H2,1-4H3. The van der Waals surface area contributed by atoms with Crippen molar-refractivity contribution >= 4 is 10.9 Å². The summed E-state index contributed by atoms with van der Waals surface area (Å²) in [6, 6.07) is 4.12. The molecule has 4 nitrogen and oxygen atoms in total. The average molecular weight is 274 g/mol. The van der Waals surface area contributed by atoms with Crippen LogP contribution >= 0.6 is 0 Å². The van der Waals surface area contributed by atoms with Gasteiger partial charge in [-0.1, -0.05) is 0 Å². The number of fused-ring (bicyclic) bond motifs is 2. The van der Waals surface area contributed by atoms with E-state index < -0.39 is 0 Å². The van der Waals surface area contributed by atoms with E-state index in [9.17, 15) is 0 Å². The molecule has 4 heteroatoms. The lowest BCUT2D eigenvalue weighted by Gasteiger charge is -2.20. The first-order valence-corrected chi connectivity index (χ1v) is 7.10. The molecule has 108 valence electrons. The summed E-state index contributed by atoms with van der Waals surface area (Å²) in [4.78, 5) is 3.44. The van der Waals surface area contributed by atoms with E-state index in [4.69, 9.17) is 9.47 Å². The zero-order valence-corrected chi connectivity index (χ0v) is 12.6. The third kappa shape index (κ3) is 2.48. The minimum absolute atomic E-state index is 0.151. The second kappa shape index (κ2) is 4.70. The Kier molecular flexibility index (Phi) is 3.13. The second-order valence-electron chi connectivity index (χ2n) is 6.41. The van der Waals surface area contributed by atoms with E-state index in [1.807, 2.05) is 6.07 Å². The maximum atomic E-state index is 5.48. The van der Waals surface area contributed by atoms with E-state index in [1.54, 1.807) is 0 Å². The van der Waals surface area contributed by atoms with Crippen LogP contribution in [0.1, 0.15) is 32.0 Å². The first kappa shape index (κ1) is 13.3. The Morgan fingerprint density at radius 2 is 1.90 bits per heavy atom. The van der Waals surface area contributed by atoms with Gasteiger partial charge in [0.1, 0.15) is 0 Å². The van der Waals surface area contributed by atoms with Crippen molar-refractivity contribution in [3.05, 3.63) is 23.4 Å². The zero-order valence-electron chi connectivity index (χ0n) is 12.6. The third-order valence-electron chi connectivity index (χ3n) is 3.64. The fourth-order valence-electron chi connectivity index (χ4n) is 2.66. The van der Waals surface area contributed by atoms with Gasteiger partial charge in [0.25, 0.3) is 0 Å². The van der Waals surface area contributed by atoms with Gasteiger partial charge in [-0.25, -0.2) is 0 Å². The van der Waals surface area contributed by atoms with Gasteiger partial charge in [0.05, 0.1) is 0 Å². The van der Waals surface area contributed by atoms with Crippen LogP contribution in [0, 0.1) is 6.92 Å². The summed E-state index contributed by atoms with van der Waals surface area (Å²) in [5.74, 6) is 1.68. The molecule has 0 amide bonds. The van der Waals surface area contributed by atoms with Crippen LogP contribution in [0.25, 0.3) is 10.9 Å². The summed E-state index contributed by atoms with van der Waals surface area (Å²) < 4.78 is 10.9. The molecule has 0 bridgehead atoms. The van der Waals surface area contributed by atoms with E-state index in [1.165, 1.54) is 16.6 Å². The number of aryl methyl sites for hydroxylation is 1. The van der Waals surface area contributed by atoms with Crippen LogP contribution in [0.5, 0.6) is 11.5 Å². The molecule has 0 radical (unpaired) electrons. The lowest BCUT2D eigenvalue weighted by molar-refractivity contribution is 0.174. The van der Waals surface area contributed by atoms with Crippen molar-refractivity contribution in [3.63, 3.8) is 0 Å². The van der Waals surface area contributed by atoms with E-state index in [0.717, 1.165) is 30.0 Å². The highest BCUT2D eigenvalue weighted by molar-refractivity contribution is 5.88. The predicted molar refractivity (Wildman–Crippen MR) is 80.6 cm³/mol. The molecule has 0 saturated heterocycles. The van der Waals surface area contributed by atoms with Gasteiger partial charge in [0, 0.05) is 28.2 Å². The van der Waals surface area contributed by atoms with Gasteiger partial charge in [-0.3, -0.25) is 0 Å². The molecular formula is C16H22N2O2. The molecule has 2 N–H and O–H groups in total. The number of benzene rings is 1. The number of hydrogen-bond donors (Lipinski definition) is 2. The Balaban J connectivity index is 1.88. The number of nitrogens with one attached hydrogen (secondary N) is 2. The quantitative estimate of drug-likeness (QED) is 0.904. The van der Waals surface area contributed by atoms with Gasteiger partial charge in [-0.15, -0.1) is 0 Å². The molecule has 0 atom stereocenters. The van der Waals surface area contributed by atoms with Crippen LogP contribution in [-0.4, -0.2) is 23.9 Å². The Labute approximate surface area is 119 Å². The highest BCUT2D eigenvalue weighted by Gasteiger charge is 2.18. The Morgan fingerprint density at radius 1 is 1.20 bits per heavy atom. The molecule has 2 aromatic rings. The molecule has 0 aliphatic carbocycles. The van der Waals surface area contributed by atoms with Crippen molar-refractivity contribution in [1.82, 2.24) is 10.3 Å². The fourth-order valence-corrected chi connectivity index (χ4v) is 2.66. The lowest BCUT2D eigenvalue weighted by Crippen LogP contribution is -2.37. The Morgan fingerprint density at radius 3 is 2.60 bits per heavy atom. The molecule has 1 aliphatic rings. The number of hydrogen-bond acceptors (Lipinski definition) is 3. The van der Waals surface area contributed by atoms with Crippen LogP contribution < -0.4 is 14.8 Å². The van der Waals surface area contributed by atoms with Gasteiger partial charge in [0.2, 0.25) is 6.79 Å². The normalized spacial score (nSPS) is 14.2. The molecule has 20 heavy (non-hydrogen) atoms. The van der Waals surface area contributed by atoms with E-state index in [0.29, 0.717) is 6.79 Å². The van der Waals surface area contributed by atoms with E-state index >= 15 is 0 Å². The molecule has 3 rings (SSSR count). The summed E-state index contributed by atoms with van der Waals surface area (Å²) in [6.45, 7) is 9.97. The number of aromatic amines is 1. The first-order chi connectivity index (χ1) is 9.44. The van der Waals surface area contributed by atoms with Gasteiger partial charge in [0.15, 0.2) is 11.5 Å². The molecule has 0 fully saturated rings. The SMILES string of the molecule is Cc1[nH]c2cc3c(cc2c1CCNC(C)(C)C)OCO3. The number of rotatable bonds is 3. The fraction of sp³-hybridized carbons (Fsp3) is 0.500. The molecule has 1 aromatic heterocycles. The lowest BCUT2D eigenvalue weighted by atomic mass is 10.1. The van der Waals surface area contributed by atoms with Crippen molar-refractivity contribution in [2.45, 2.75) is 39.7 Å². The largest absolute Gasteiger partial charge is 0.454 e. The van der Waals surface area contributed by atoms with Gasteiger partial charge in [-0.05, 0) is 52.3 Å². The number of aromatic nitrogens is 1. The minimum atomic E-state index is 0.151. The van der Waals surface area contributed by atoms with Crippen molar-refractivity contribution in [2.75, 3.05) is 13.3 Å². The maximum absolute atomic E-state index is 5.48. The monoisotopic (exact) mass is 274 g/mol. The zero-order chi connectivity index (χ0) is 14.3. The molecule has 0 saturated carbocycles. The summed E-state index contributed by atoms with van der Waals surface area (Å²) in [7, 11) is 0. The van der Waals surface area contributed by atoms with Crippen molar-refractivity contribution < 1.29 is 9.47 Å². The van der Waals surface area contributed by atoms with Crippen molar-refractivity contribution in [3.8, 4) is 11.5 Å². The van der Waals surface area contributed by atoms with Crippen LogP contribution in [0.4, 0.5) is 0 Å². The summed E-state index contributed by atoms with van der Waals surface area (Å²) in [5, 5.41) is 4.77. The van der Waals surface area contributed by atoms with E-state index in [2.05, 4.69) is 44.1 Å². The average Bonchev–Trinajstić information content (AvgIpc) is 2.90. The molecule has 0 spiro atoms. The predicted octanol–water partition coefficient (Wildman–Crippen LogP) is 3.14. The summed E-state index contributed by atoms with van der Waals surface area (Å²) in [5.41, 5.74) is 3.85. The second-order valence-corrected chi connectivity index (χ2v) is 6.41. The van der Waals surface area contributed by atoms with Crippen LogP contribution in [0.3, 0.4) is 0 Å². The first-order valence-electron chi connectivity index (χ1n) is 7.10.